The van der Waals surface area contributed by atoms with E-state index < -0.39 is 6.10 Å². The predicted octanol–water partition coefficient (Wildman–Crippen LogP) is 2.60. The number of halogens is 1. The number of aliphatic hydroxyl groups excluding tert-OH is 1. The lowest BCUT2D eigenvalue weighted by Gasteiger charge is -2.33. The first-order chi connectivity index (χ1) is 9.15. The summed E-state index contributed by atoms with van der Waals surface area (Å²) < 4.78 is 8.05. The highest BCUT2D eigenvalue weighted by atomic mass is 79.9. The molecule has 0 spiro atoms. The Hall–Kier alpha value is -0.460. The second-order valence-corrected chi connectivity index (χ2v) is 5.90. The average molecular weight is 332 g/mol. The highest BCUT2D eigenvalue weighted by Crippen LogP contribution is 2.35. The first kappa shape index (κ1) is 14.9. The van der Waals surface area contributed by atoms with E-state index in [1.54, 1.807) is 11.7 Å². The SMILES string of the molecule is CCOC(C1CCCCC1)C(O)c1c(Br)nnn1C. The highest BCUT2D eigenvalue weighted by molar-refractivity contribution is 9.10. The van der Waals surface area contributed by atoms with Gasteiger partial charge in [0.25, 0.3) is 0 Å². The van der Waals surface area contributed by atoms with E-state index in [1.807, 2.05) is 6.92 Å². The van der Waals surface area contributed by atoms with Crippen LogP contribution in [0.2, 0.25) is 0 Å². The van der Waals surface area contributed by atoms with E-state index >= 15 is 0 Å². The maximum atomic E-state index is 10.7. The normalized spacial score (nSPS) is 20.4. The molecule has 19 heavy (non-hydrogen) atoms. The van der Waals surface area contributed by atoms with Gasteiger partial charge < -0.3 is 9.84 Å². The van der Waals surface area contributed by atoms with Gasteiger partial charge in [0.2, 0.25) is 0 Å². The number of aryl methyl sites for hydroxylation is 1. The largest absolute Gasteiger partial charge is 0.384 e. The summed E-state index contributed by atoms with van der Waals surface area (Å²) in [5, 5.41) is 18.5. The van der Waals surface area contributed by atoms with E-state index in [2.05, 4.69) is 26.2 Å². The smallest absolute Gasteiger partial charge is 0.154 e. The quantitative estimate of drug-likeness (QED) is 0.900. The molecule has 1 saturated carbocycles. The molecule has 1 aromatic rings. The summed E-state index contributed by atoms with van der Waals surface area (Å²) in [5.41, 5.74) is 0.698. The molecule has 0 saturated heterocycles. The fraction of sp³-hybridized carbons (Fsp3) is 0.846. The summed E-state index contributed by atoms with van der Waals surface area (Å²) in [6.07, 6.45) is 5.16. The predicted molar refractivity (Wildman–Crippen MR) is 75.7 cm³/mol. The van der Waals surface area contributed by atoms with Crippen LogP contribution in [0.1, 0.15) is 50.8 Å². The third-order valence-electron chi connectivity index (χ3n) is 3.89. The number of aromatic nitrogens is 3. The Kier molecular flexibility index (Phi) is 5.36. The lowest BCUT2D eigenvalue weighted by molar-refractivity contribution is -0.0768. The van der Waals surface area contributed by atoms with Crippen molar-refractivity contribution in [3.63, 3.8) is 0 Å². The molecule has 0 amide bonds. The topological polar surface area (TPSA) is 60.2 Å². The van der Waals surface area contributed by atoms with Crippen LogP contribution < -0.4 is 0 Å². The summed E-state index contributed by atoms with van der Waals surface area (Å²) in [5.74, 6) is 0.422. The highest BCUT2D eigenvalue weighted by Gasteiger charge is 2.34. The lowest BCUT2D eigenvalue weighted by atomic mass is 9.82. The molecule has 1 heterocycles. The fourth-order valence-corrected chi connectivity index (χ4v) is 3.51. The number of aliphatic hydroxyl groups is 1. The molecule has 1 N–H and O–H groups in total. The minimum Gasteiger partial charge on any atom is -0.384 e. The van der Waals surface area contributed by atoms with Crippen LogP contribution in [-0.4, -0.2) is 32.8 Å². The van der Waals surface area contributed by atoms with Gasteiger partial charge in [-0.25, -0.2) is 4.68 Å². The zero-order valence-electron chi connectivity index (χ0n) is 11.5. The van der Waals surface area contributed by atoms with Crippen LogP contribution in [0.15, 0.2) is 4.60 Å². The Morgan fingerprint density at radius 3 is 2.63 bits per heavy atom. The lowest BCUT2D eigenvalue weighted by Crippen LogP contribution is -2.33. The van der Waals surface area contributed by atoms with Crippen molar-refractivity contribution in [2.75, 3.05) is 6.61 Å². The van der Waals surface area contributed by atoms with Gasteiger partial charge in [0.1, 0.15) is 11.8 Å². The Labute approximate surface area is 122 Å². The average Bonchev–Trinajstić information content (AvgIpc) is 2.76. The van der Waals surface area contributed by atoms with Gasteiger partial charge >= 0.3 is 0 Å². The maximum absolute atomic E-state index is 10.7. The third kappa shape index (κ3) is 3.35. The number of nitrogens with zero attached hydrogens (tertiary/aromatic N) is 3. The molecule has 5 nitrogen and oxygen atoms in total. The molecule has 6 heteroatoms. The van der Waals surface area contributed by atoms with Crippen LogP contribution >= 0.6 is 15.9 Å². The number of rotatable bonds is 5. The molecule has 2 rings (SSSR count). The third-order valence-corrected chi connectivity index (χ3v) is 4.46. The van der Waals surface area contributed by atoms with Crippen molar-refractivity contribution in [3.8, 4) is 0 Å². The molecule has 0 aromatic carbocycles. The zero-order chi connectivity index (χ0) is 13.8. The van der Waals surface area contributed by atoms with Crippen molar-refractivity contribution < 1.29 is 9.84 Å². The number of ether oxygens (including phenoxy) is 1. The minimum atomic E-state index is -0.683. The number of hydrogen-bond acceptors (Lipinski definition) is 4. The first-order valence-corrected chi connectivity index (χ1v) is 7.79. The van der Waals surface area contributed by atoms with E-state index in [9.17, 15) is 5.11 Å². The Balaban J connectivity index is 2.18. The van der Waals surface area contributed by atoms with Gasteiger partial charge in [0, 0.05) is 13.7 Å². The molecule has 0 bridgehead atoms. The van der Waals surface area contributed by atoms with Gasteiger partial charge in [-0.15, -0.1) is 5.10 Å². The van der Waals surface area contributed by atoms with Crippen LogP contribution in [0.4, 0.5) is 0 Å². The molecule has 2 atom stereocenters. The van der Waals surface area contributed by atoms with Crippen molar-refractivity contribution in [1.82, 2.24) is 15.0 Å². The summed E-state index contributed by atoms with van der Waals surface area (Å²) in [4.78, 5) is 0. The van der Waals surface area contributed by atoms with Gasteiger partial charge in [0.05, 0.1) is 6.10 Å². The van der Waals surface area contributed by atoms with Crippen LogP contribution in [0.25, 0.3) is 0 Å². The Morgan fingerprint density at radius 1 is 1.42 bits per heavy atom. The van der Waals surface area contributed by atoms with Gasteiger partial charge in [-0.2, -0.15) is 0 Å². The van der Waals surface area contributed by atoms with Gasteiger partial charge in [0.15, 0.2) is 4.60 Å². The van der Waals surface area contributed by atoms with Gasteiger partial charge in [-0.1, -0.05) is 24.5 Å². The van der Waals surface area contributed by atoms with Crippen molar-refractivity contribution in [2.45, 2.75) is 51.2 Å². The van der Waals surface area contributed by atoms with Crippen LogP contribution in [0.3, 0.4) is 0 Å². The molecule has 1 aliphatic carbocycles. The molecule has 2 unspecified atom stereocenters. The van der Waals surface area contributed by atoms with Crippen LogP contribution in [-0.2, 0) is 11.8 Å². The summed E-state index contributed by atoms with van der Waals surface area (Å²) in [6.45, 7) is 2.58. The summed E-state index contributed by atoms with van der Waals surface area (Å²) in [7, 11) is 1.79. The minimum absolute atomic E-state index is 0.168. The van der Waals surface area contributed by atoms with Crippen LogP contribution in [0, 0.1) is 5.92 Å². The zero-order valence-corrected chi connectivity index (χ0v) is 13.1. The Bertz CT molecular complexity index is 385. The van der Waals surface area contributed by atoms with E-state index in [-0.39, 0.29) is 6.10 Å². The monoisotopic (exact) mass is 331 g/mol. The molecule has 108 valence electrons. The van der Waals surface area contributed by atoms with E-state index in [0.717, 1.165) is 12.8 Å². The van der Waals surface area contributed by atoms with E-state index in [0.29, 0.717) is 22.8 Å². The standard InChI is InChI=1S/C13H22BrN3O2/c1-3-19-12(9-7-5-4-6-8-9)11(18)10-13(14)15-16-17(10)2/h9,11-12,18H,3-8H2,1-2H3. The van der Waals surface area contributed by atoms with Crippen molar-refractivity contribution >= 4 is 15.9 Å². The van der Waals surface area contributed by atoms with Crippen molar-refractivity contribution in [2.24, 2.45) is 13.0 Å². The first-order valence-electron chi connectivity index (χ1n) is 6.99. The summed E-state index contributed by atoms with van der Waals surface area (Å²) in [6, 6.07) is 0. The van der Waals surface area contributed by atoms with Crippen molar-refractivity contribution in [1.29, 1.82) is 0 Å². The van der Waals surface area contributed by atoms with Gasteiger partial charge in [-0.05, 0) is 41.6 Å². The summed E-state index contributed by atoms with van der Waals surface area (Å²) >= 11 is 3.35. The second kappa shape index (κ2) is 6.81. The Morgan fingerprint density at radius 2 is 2.11 bits per heavy atom. The van der Waals surface area contributed by atoms with E-state index in [4.69, 9.17) is 4.74 Å². The molecule has 0 radical (unpaired) electrons. The molecule has 1 aliphatic rings. The molecule has 1 fully saturated rings. The molecular formula is C13H22BrN3O2. The molecule has 0 aliphatic heterocycles. The number of hydrogen-bond donors (Lipinski definition) is 1. The molecule has 1 aromatic heterocycles. The van der Waals surface area contributed by atoms with E-state index in [1.165, 1.54) is 19.3 Å². The van der Waals surface area contributed by atoms with Crippen LogP contribution in [0.5, 0.6) is 0 Å². The molecular weight excluding hydrogens is 310 g/mol. The van der Waals surface area contributed by atoms with Gasteiger partial charge in [-0.3, -0.25) is 0 Å². The fourth-order valence-electron chi connectivity index (χ4n) is 2.95. The second-order valence-electron chi connectivity index (χ2n) is 5.15. The van der Waals surface area contributed by atoms with Crippen molar-refractivity contribution in [3.05, 3.63) is 10.3 Å². The maximum Gasteiger partial charge on any atom is 0.154 e.